The van der Waals surface area contributed by atoms with Crippen LogP contribution in [0.5, 0.6) is 0 Å². The number of sulfone groups is 1. The number of carbonyl (C=O) groups is 1. The van der Waals surface area contributed by atoms with Gasteiger partial charge in [-0.1, -0.05) is 11.6 Å². The Morgan fingerprint density at radius 2 is 1.88 bits per heavy atom. The molecule has 2 aliphatic heterocycles. The molecule has 1 aromatic rings. The molecule has 0 aliphatic carbocycles. The van der Waals surface area contributed by atoms with Gasteiger partial charge in [-0.25, -0.2) is 13.4 Å². The zero-order valence-electron chi connectivity index (χ0n) is 13.7. The third-order valence-corrected chi connectivity index (χ3v) is 6.67. The van der Waals surface area contributed by atoms with Gasteiger partial charge in [0.05, 0.1) is 28.0 Å². The molecule has 0 radical (unpaired) electrons. The second kappa shape index (κ2) is 6.88. The molecule has 0 saturated carbocycles. The standard InChI is InChI=1S/C15H17ClF3N3O3S/c16-12-7-11(15(17,18)19)8-20-13(12)21-2-4-22(5-3-21)14(23)10-1-6-26(24,25)9-10/h7-8,10H,1-6,9H2. The summed E-state index contributed by atoms with van der Waals surface area (Å²) in [7, 11) is -3.13. The summed E-state index contributed by atoms with van der Waals surface area (Å²) < 4.78 is 61.1. The number of hydrogen-bond donors (Lipinski definition) is 0. The van der Waals surface area contributed by atoms with Crippen LogP contribution in [-0.4, -0.2) is 61.9 Å². The minimum absolute atomic E-state index is 0.0362. The fraction of sp³-hybridized carbons (Fsp3) is 0.600. The second-order valence-corrected chi connectivity index (χ2v) is 9.08. The molecule has 3 rings (SSSR count). The topological polar surface area (TPSA) is 70.6 Å². The Labute approximate surface area is 153 Å². The summed E-state index contributed by atoms with van der Waals surface area (Å²) in [5.41, 5.74) is -0.914. The molecule has 2 fully saturated rings. The molecule has 1 amide bonds. The lowest BCUT2D eigenvalue weighted by Crippen LogP contribution is -2.50. The predicted molar refractivity (Wildman–Crippen MR) is 89.8 cm³/mol. The van der Waals surface area contributed by atoms with Gasteiger partial charge in [0.15, 0.2) is 9.84 Å². The minimum Gasteiger partial charge on any atom is -0.352 e. The van der Waals surface area contributed by atoms with Gasteiger partial charge in [-0.3, -0.25) is 4.79 Å². The third kappa shape index (κ3) is 4.06. The van der Waals surface area contributed by atoms with E-state index in [0.717, 1.165) is 12.3 Å². The number of rotatable bonds is 2. The maximum atomic E-state index is 12.7. The summed E-state index contributed by atoms with van der Waals surface area (Å²) in [6.07, 6.45) is -3.43. The number of anilines is 1. The first-order chi connectivity index (χ1) is 12.1. The fourth-order valence-corrected chi connectivity index (χ4v) is 5.22. The van der Waals surface area contributed by atoms with E-state index >= 15 is 0 Å². The van der Waals surface area contributed by atoms with Crippen molar-refractivity contribution in [1.29, 1.82) is 0 Å². The van der Waals surface area contributed by atoms with Crippen molar-refractivity contribution in [3.05, 3.63) is 22.8 Å². The number of nitrogens with zero attached hydrogens (tertiary/aromatic N) is 3. The maximum Gasteiger partial charge on any atom is 0.417 e. The van der Waals surface area contributed by atoms with Gasteiger partial charge in [0.25, 0.3) is 0 Å². The molecule has 6 nitrogen and oxygen atoms in total. The van der Waals surface area contributed by atoms with Crippen molar-refractivity contribution in [2.75, 3.05) is 42.6 Å². The van der Waals surface area contributed by atoms with Crippen LogP contribution < -0.4 is 4.90 Å². The first kappa shape index (κ1) is 19.2. The highest BCUT2D eigenvalue weighted by molar-refractivity contribution is 7.91. The van der Waals surface area contributed by atoms with E-state index < -0.39 is 27.5 Å². The summed E-state index contributed by atoms with van der Waals surface area (Å²) in [6.45, 7) is 1.41. The largest absolute Gasteiger partial charge is 0.417 e. The second-order valence-electron chi connectivity index (χ2n) is 6.44. The highest BCUT2D eigenvalue weighted by Gasteiger charge is 2.37. The fourth-order valence-electron chi connectivity index (χ4n) is 3.21. The van der Waals surface area contributed by atoms with Gasteiger partial charge in [0.1, 0.15) is 5.82 Å². The molecule has 0 spiro atoms. The molecule has 1 unspecified atom stereocenters. The molecule has 3 heterocycles. The van der Waals surface area contributed by atoms with E-state index in [1.807, 2.05) is 0 Å². The zero-order chi connectivity index (χ0) is 19.1. The van der Waals surface area contributed by atoms with Crippen molar-refractivity contribution in [2.24, 2.45) is 5.92 Å². The Hall–Kier alpha value is -1.55. The van der Waals surface area contributed by atoms with Gasteiger partial charge in [0, 0.05) is 32.4 Å². The van der Waals surface area contributed by atoms with Crippen molar-refractivity contribution in [3.8, 4) is 0 Å². The number of halogens is 4. The molecule has 11 heteroatoms. The number of carbonyl (C=O) groups excluding carboxylic acids is 1. The van der Waals surface area contributed by atoms with Gasteiger partial charge in [-0.15, -0.1) is 0 Å². The maximum absolute atomic E-state index is 12.7. The Kier molecular flexibility index (Phi) is 5.08. The smallest absolute Gasteiger partial charge is 0.352 e. The summed E-state index contributed by atoms with van der Waals surface area (Å²) in [5.74, 6) is -0.515. The average molecular weight is 412 g/mol. The summed E-state index contributed by atoms with van der Waals surface area (Å²) in [6, 6.07) is 0.838. The van der Waals surface area contributed by atoms with Crippen LogP contribution in [0.2, 0.25) is 5.02 Å². The molecule has 2 aliphatic rings. The van der Waals surface area contributed by atoms with E-state index in [2.05, 4.69) is 4.98 Å². The molecule has 0 bridgehead atoms. The van der Waals surface area contributed by atoms with Crippen molar-refractivity contribution in [1.82, 2.24) is 9.88 Å². The van der Waals surface area contributed by atoms with Crippen LogP contribution in [0.3, 0.4) is 0 Å². The quantitative estimate of drug-likeness (QED) is 0.742. The van der Waals surface area contributed by atoms with Crippen LogP contribution in [0.25, 0.3) is 0 Å². The third-order valence-electron chi connectivity index (χ3n) is 4.62. The van der Waals surface area contributed by atoms with E-state index in [4.69, 9.17) is 11.6 Å². The number of amides is 1. The molecular weight excluding hydrogens is 395 g/mol. The van der Waals surface area contributed by atoms with Crippen molar-refractivity contribution in [2.45, 2.75) is 12.6 Å². The lowest BCUT2D eigenvalue weighted by molar-refractivity contribution is -0.138. The molecule has 26 heavy (non-hydrogen) atoms. The SMILES string of the molecule is O=C(C1CCS(=O)(=O)C1)N1CCN(c2ncc(C(F)(F)F)cc2Cl)CC1. The lowest BCUT2D eigenvalue weighted by atomic mass is 10.1. The van der Waals surface area contributed by atoms with Crippen LogP contribution >= 0.6 is 11.6 Å². The molecule has 1 atom stereocenters. The van der Waals surface area contributed by atoms with Gasteiger partial charge in [0.2, 0.25) is 5.91 Å². The van der Waals surface area contributed by atoms with Crippen molar-refractivity contribution < 1.29 is 26.4 Å². The molecular formula is C15H17ClF3N3O3S. The summed E-state index contributed by atoms with van der Waals surface area (Å²) >= 11 is 5.95. The van der Waals surface area contributed by atoms with Crippen molar-refractivity contribution >= 4 is 33.2 Å². The highest BCUT2D eigenvalue weighted by Crippen LogP contribution is 2.33. The molecule has 2 saturated heterocycles. The lowest BCUT2D eigenvalue weighted by Gasteiger charge is -2.36. The molecule has 1 aromatic heterocycles. The Bertz CT molecular complexity index is 808. The van der Waals surface area contributed by atoms with Crippen LogP contribution in [0.15, 0.2) is 12.3 Å². The number of hydrogen-bond acceptors (Lipinski definition) is 5. The number of pyridine rings is 1. The van der Waals surface area contributed by atoms with Crippen LogP contribution in [-0.2, 0) is 20.8 Å². The van der Waals surface area contributed by atoms with E-state index in [-0.39, 0.29) is 28.3 Å². The predicted octanol–water partition coefficient (Wildman–Crippen LogP) is 1.84. The van der Waals surface area contributed by atoms with E-state index in [1.54, 1.807) is 9.80 Å². The summed E-state index contributed by atoms with van der Waals surface area (Å²) in [4.78, 5) is 19.6. The van der Waals surface area contributed by atoms with Crippen LogP contribution in [0.1, 0.15) is 12.0 Å². The zero-order valence-corrected chi connectivity index (χ0v) is 15.2. The van der Waals surface area contributed by atoms with Crippen LogP contribution in [0.4, 0.5) is 19.0 Å². The number of piperazine rings is 1. The van der Waals surface area contributed by atoms with E-state index in [1.165, 1.54) is 0 Å². The minimum atomic E-state index is -4.51. The Morgan fingerprint density at radius 3 is 2.38 bits per heavy atom. The van der Waals surface area contributed by atoms with Crippen molar-refractivity contribution in [3.63, 3.8) is 0 Å². The number of alkyl halides is 3. The molecule has 0 N–H and O–H groups in total. The number of aromatic nitrogens is 1. The molecule has 144 valence electrons. The Balaban J connectivity index is 1.63. The first-order valence-electron chi connectivity index (χ1n) is 8.04. The van der Waals surface area contributed by atoms with Gasteiger partial charge < -0.3 is 9.80 Å². The normalized spacial score (nSPS) is 23.3. The highest BCUT2D eigenvalue weighted by atomic mass is 35.5. The molecule has 0 aromatic carbocycles. The average Bonchev–Trinajstić information content (AvgIpc) is 2.93. The van der Waals surface area contributed by atoms with E-state index in [9.17, 15) is 26.4 Å². The monoisotopic (exact) mass is 411 g/mol. The van der Waals surface area contributed by atoms with Gasteiger partial charge in [-0.2, -0.15) is 13.2 Å². The summed E-state index contributed by atoms with van der Waals surface area (Å²) in [5, 5.41) is -0.0958. The first-order valence-corrected chi connectivity index (χ1v) is 10.2. The van der Waals surface area contributed by atoms with Gasteiger partial charge in [-0.05, 0) is 12.5 Å². The Morgan fingerprint density at radius 1 is 1.23 bits per heavy atom. The van der Waals surface area contributed by atoms with Crippen LogP contribution in [0, 0.1) is 5.92 Å². The van der Waals surface area contributed by atoms with Gasteiger partial charge >= 0.3 is 6.18 Å². The van der Waals surface area contributed by atoms with E-state index in [0.29, 0.717) is 32.6 Å².